The van der Waals surface area contributed by atoms with E-state index >= 15 is 0 Å². The molecule has 0 aromatic heterocycles. The van der Waals surface area contributed by atoms with Crippen molar-refractivity contribution in [2.75, 3.05) is 24.9 Å². The van der Waals surface area contributed by atoms with Crippen LogP contribution in [0.15, 0.2) is 47.4 Å². The van der Waals surface area contributed by atoms with Crippen LogP contribution in [-0.2, 0) is 27.7 Å². The number of hydrogen-bond donors (Lipinski definition) is 2. The van der Waals surface area contributed by atoms with E-state index in [1.165, 1.54) is 5.56 Å². The van der Waals surface area contributed by atoms with Gasteiger partial charge in [0.2, 0.25) is 5.91 Å². The third kappa shape index (κ3) is 4.80. The van der Waals surface area contributed by atoms with Gasteiger partial charge < -0.3 is 10.2 Å². The van der Waals surface area contributed by atoms with Gasteiger partial charge in [0.1, 0.15) is 0 Å². The number of piperidine rings is 1. The smallest absolute Gasteiger partial charge is 0.261 e. The zero-order valence-electron chi connectivity index (χ0n) is 18.3. The Bertz CT molecular complexity index is 1110. The summed E-state index contributed by atoms with van der Waals surface area (Å²) >= 11 is 0. The highest BCUT2D eigenvalue weighted by Crippen LogP contribution is 2.26. The lowest BCUT2D eigenvalue weighted by atomic mass is 9.92. The molecule has 32 heavy (non-hydrogen) atoms. The van der Waals surface area contributed by atoms with Crippen LogP contribution in [0, 0.1) is 5.92 Å². The number of amides is 2. The number of rotatable bonds is 5. The van der Waals surface area contributed by atoms with Crippen LogP contribution in [0.1, 0.15) is 47.2 Å². The summed E-state index contributed by atoms with van der Waals surface area (Å²) in [5, 5.41) is 2.65. The number of sulfonamides is 1. The molecule has 0 spiro atoms. The number of fused-ring (bicyclic) bond motifs is 1. The quantitative estimate of drug-likeness (QED) is 0.725. The Morgan fingerprint density at radius 2 is 1.69 bits per heavy atom. The van der Waals surface area contributed by atoms with Crippen molar-refractivity contribution in [1.29, 1.82) is 0 Å². The maximum atomic E-state index is 12.9. The zero-order chi connectivity index (χ0) is 22.7. The molecular weight excluding hydrogens is 426 g/mol. The predicted molar refractivity (Wildman–Crippen MR) is 123 cm³/mol. The van der Waals surface area contributed by atoms with Gasteiger partial charge in [0.25, 0.3) is 15.9 Å². The zero-order valence-corrected chi connectivity index (χ0v) is 19.1. The van der Waals surface area contributed by atoms with Crippen molar-refractivity contribution in [2.24, 2.45) is 5.92 Å². The summed E-state index contributed by atoms with van der Waals surface area (Å²) in [6.07, 6.45) is 5.69. The molecule has 2 N–H and O–H groups in total. The fraction of sp³-hybridized carbons (Fsp3) is 0.417. The number of carbonyl (C=O) groups excluding carboxylic acids is 2. The summed E-state index contributed by atoms with van der Waals surface area (Å²) in [5.41, 5.74) is 3.21. The van der Waals surface area contributed by atoms with Crippen molar-refractivity contribution in [3.63, 3.8) is 0 Å². The van der Waals surface area contributed by atoms with E-state index in [9.17, 15) is 18.0 Å². The summed E-state index contributed by atoms with van der Waals surface area (Å²) in [6.45, 7) is 1.00. The Hall–Kier alpha value is -2.87. The van der Waals surface area contributed by atoms with Crippen LogP contribution in [0.3, 0.4) is 0 Å². The molecule has 2 aliphatic rings. The van der Waals surface area contributed by atoms with Crippen LogP contribution in [0.5, 0.6) is 0 Å². The van der Waals surface area contributed by atoms with Crippen LogP contribution >= 0.6 is 0 Å². The van der Waals surface area contributed by atoms with Gasteiger partial charge in [-0.25, -0.2) is 8.42 Å². The van der Waals surface area contributed by atoms with Gasteiger partial charge in [0, 0.05) is 31.4 Å². The van der Waals surface area contributed by atoms with Gasteiger partial charge in [-0.3, -0.25) is 14.3 Å². The molecule has 4 rings (SSSR count). The Labute approximate surface area is 189 Å². The first kappa shape index (κ1) is 22.3. The Kier molecular flexibility index (Phi) is 6.50. The number of anilines is 1. The molecule has 1 atom stereocenters. The predicted octanol–water partition coefficient (Wildman–Crippen LogP) is 2.96. The first-order valence-corrected chi connectivity index (χ1v) is 12.6. The summed E-state index contributed by atoms with van der Waals surface area (Å²) in [5.74, 6) is -0.391. The van der Waals surface area contributed by atoms with E-state index in [4.69, 9.17) is 0 Å². The second-order valence-corrected chi connectivity index (χ2v) is 10.2. The highest BCUT2D eigenvalue weighted by Gasteiger charge is 2.28. The lowest BCUT2D eigenvalue weighted by Gasteiger charge is -2.31. The molecule has 7 nitrogen and oxygen atoms in total. The topological polar surface area (TPSA) is 95.6 Å². The van der Waals surface area contributed by atoms with E-state index in [1.54, 1.807) is 48.3 Å². The Morgan fingerprint density at radius 1 is 0.969 bits per heavy atom. The number of benzene rings is 2. The van der Waals surface area contributed by atoms with Crippen LogP contribution in [0.25, 0.3) is 0 Å². The number of aryl methyl sites for hydroxylation is 2. The Morgan fingerprint density at radius 3 is 2.41 bits per heavy atom. The molecule has 0 saturated carbocycles. The third-order valence-corrected chi connectivity index (χ3v) is 7.72. The van der Waals surface area contributed by atoms with Gasteiger partial charge in [0.05, 0.1) is 10.8 Å². The normalized spacial score (nSPS) is 18.5. The van der Waals surface area contributed by atoms with Crippen molar-refractivity contribution in [2.45, 2.75) is 43.4 Å². The molecule has 1 fully saturated rings. The Balaban J connectivity index is 1.44. The molecule has 2 aromatic rings. The molecule has 8 heteroatoms. The monoisotopic (exact) mass is 455 g/mol. The van der Waals surface area contributed by atoms with Crippen LogP contribution in [0.4, 0.5) is 5.69 Å². The summed E-state index contributed by atoms with van der Waals surface area (Å²) in [7, 11) is -2.11. The molecule has 1 saturated heterocycles. The summed E-state index contributed by atoms with van der Waals surface area (Å²) < 4.78 is 28.3. The highest BCUT2D eigenvalue weighted by molar-refractivity contribution is 7.92. The van der Waals surface area contributed by atoms with Gasteiger partial charge in [-0.15, -0.1) is 0 Å². The van der Waals surface area contributed by atoms with Crippen LogP contribution < -0.4 is 10.0 Å². The SMILES string of the molecule is CNC(=O)C1CCCN(C(=O)c2ccc(NS(=O)(=O)c3ccc4c(c3)CCCC4)cc2)C1. The summed E-state index contributed by atoms with van der Waals surface area (Å²) in [6, 6.07) is 11.8. The van der Waals surface area contributed by atoms with E-state index in [2.05, 4.69) is 10.0 Å². The summed E-state index contributed by atoms with van der Waals surface area (Å²) in [4.78, 5) is 26.7. The first-order chi connectivity index (χ1) is 15.4. The fourth-order valence-electron chi connectivity index (χ4n) is 4.53. The largest absolute Gasteiger partial charge is 0.359 e. The number of likely N-dealkylation sites (tertiary alicyclic amines) is 1. The minimum atomic E-state index is -3.71. The molecule has 0 bridgehead atoms. The van der Waals surface area contributed by atoms with Crippen molar-refractivity contribution in [3.05, 3.63) is 59.2 Å². The molecule has 0 radical (unpaired) electrons. The van der Waals surface area contributed by atoms with Gasteiger partial charge in [-0.1, -0.05) is 6.07 Å². The average Bonchev–Trinajstić information content (AvgIpc) is 2.83. The van der Waals surface area contributed by atoms with Crippen LogP contribution in [-0.4, -0.2) is 45.3 Å². The average molecular weight is 456 g/mol. The van der Waals surface area contributed by atoms with E-state index in [0.717, 1.165) is 44.1 Å². The van der Waals surface area contributed by atoms with Crippen molar-refractivity contribution in [3.8, 4) is 0 Å². The molecule has 170 valence electrons. The fourth-order valence-corrected chi connectivity index (χ4v) is 5.64. The van der Waals surface area contributed by atoms with Crippen molar-refractivity contribution >= 4 is 27.5 Å². The second kappa shape index (κ2) is 9.32. The molecule has 1 aliphatic heterocycles. The number of hydrogen-bond acceptors (Lipinski definition) is 4. The molecular formula is C24H29N3O4S. The van der Waals surface area contributed by atoms with E-state index in [1.807, 2.05) is 6.07 Å². The second-order valence-electron chi connectivity index (χ2n) is 8.53. The first-order valence-electron chi connectivity index (χ1n) is 11.1. The standard InChI is InChI=1S/C24H29N3O4S/c1-25-23(28)20-7-4-14-27(16-20)24(29)18-8-11-21(12-9-18)26-32(30,31)22-13-10-17-5-2-3-6-19(17)15-22/h8-13,15,20,26H,2-7,14,16H2,1H3,(H,25,28). The molecule has 1 heterocycles. The molecule has 1 aliphatic carbocycles. The number of nitrogens with zero attached hydrogens (tertiary/aromatic N) is 1. The van der Waals surface area contributed by atoms with Crippen LogP contribution in [0.2, 0.25) is 0 Å². The molecule has 2 amide bonds. The van der Waals surface area contributed by atoms with Gasteiger partial charge in [-0.05, 0) is 86.1 Å². The van der Waals surface area contributed by atoms with E-state index < -0.39 is 10.0 Å². The van der Waals surface area contributed by atoms with Crippen molar-refractivity contribution < 1.29 is 18.0 Å². The molecule has 2 aromatic carbocycles. The van der Waals surface area contributed by atoms with E-state index in [0.29, 0.717) is 24.3 Å². The number of carbonyl (C=O) groups is 2. The maximum absolute atomic E-state index is 12.9. The van der Waals surface area contributed by atoms with E-state index in [-0.39, 0.29) is 22.6 Å². The minimum Gasteiger partial charge on any atom is -0.359 e. The van der Waals surface area contributed by atoms with Gasteiger partial charge >= 0.3 is 0 Å². The highest BCUT2D eigenvalue weighted by atomic mass is 32.2. The molecule has 1 unspecified atom stereocenters. The lowest BCUT2D eigenvalue weighted by molar-refractivity contribution is -0.125. The maximum Gasteiger partial charge on any atom is 0.261 e. The van der Waals surface area contributed by atoms with Crippen molar-refractivity contribution in [1.82, 2.24) is 10.2 Å². The lowest BCUT2D eigenvalue weighted by Crippen LogP contribution is -2.44. The van der Waals surface area contributed by atoms with Gasteiger partial charge in [0.15, 0.2) is 0 Å². The minimum absolute atomic E-state index is 0.0468. The van der Waals surface area contributed by atoms with Gasteiger partial charge in [-0.2, -0.15) is 0 Å². The number of nitrogens with one attached hydrogen (secondary N) is 2. The third-order valence-electron chi connectivity index (χ3n) is 6.34.